The first-order valence-electron chi connectivity index (χ1n) is 7.05. The average Bonchev–Trinajstić information content (AvgIpc) is 2.43. The van der Waals surface area contributed by atoms with E-state index in [0.29, 0.717) is 11.8 Å². The third-order valence-corrected chi connectivity index (χ3v) is 6.27. The van der Waals surface area contributed by atoms with Crippen LogP contribution in [0.15, 0.2) is 23.1 Å². The minimum absolute atomic E-state index is 0.0190. The van der Waals surface area contributed by atoms with E-state index in [4.69, 9.17) is 16.9 Å². The van der Waals surface area contributed by atoms with Gasteiger partial charge in [0.2, 0.25) is 10.0 Å². The molecule has 1 aliphatic carbocycles. The molecule has 2 rings (SSSR count). The normalized spacial score (nSPS) is 26.3. The lowest BCUT2D eigenvalue weighted by Crippen LogP contribution is -2.39. The number of hydrogen-bond donors (Lipinski definition) is 1. The minimum Gasteiger partial charge on any atom is -0.208 e. The van der Waals surface area contributed by atoms with Crippen LogP contribution >= 0.6 is 11.6 Å². The van der Waals surface area contributed by atoms with E-state index in [1.165, 1.54) is 18.2 Å². The van der Waals surface area contributed by atoms with Gasteiger partial charge in [0.05, 0.1) is 16.7 Å². The van der Waals surface area contributed by atoms with Crippen LogP contribution in [0, 0.1) is 23.2 Å². The van der Waals surface area contributed by atoms with E-state index in [9.17, 15) is 8.42 Å². The highest BCUT2D eigenvalue weighted by molar-refractivity contribution is 7.89. The largest absolute Gasteiger partial charge is 0.242 e. The Morgan fingerprint density at radius 2 is 2.00 bits per heavy atom. The van der Waals surface area contributed by atoms with Gasteiger partial charge in [-0.1, -0.05) is 25.4 Å². The Morgan fingerprint density at radius 1 is 1.29 bits per heavy atom. The molecular formula is C15H19ClN2O2S. The molecule has 0 radical (unpaired) electrons. The molecule has 1 fully saturated rings. The van der Waals surface area contributed by atoms with E-state index < -0.39 is 10.0 Å². The first-order valence-corrected chi connectivity index (χ1v) is 8.91. The van der Waals surface area contributed by atoms with Gasteiger partial charge in [0.25, 0.3) is 0 Å². The highest BCUT2D eigenvalue weighted by Gasteiger charge is 2.29. The van der Waals surface area contributed by atoms with E-state index in [2.05, 4.69) is 18.6 Å². The molecule has 1 saturated carbocycles. The van der Waals surface area contributed by atoms with Crippen molar-refractivity contribution in [3.63, 3.8) is 0 Å². The fraction of sp³-hybridized carbons (Fsp3) is 0.533. The number of sulfonamides is 1. The first kappa shape index (κ1) is 16.3. The summed E-state index contributed by atoms with van der Waals surface area (Å²) in [4.78, 5) is -0.0190. The number of nitrogens with zero attached hydrogens (tertiary/aromatic N) is 1. The van der Waals surface area contributed by atoms with Crippen LogP contribution in [0.3, 0.4) is 0 Å². The monoisotopic (exact) mass is 326 g/mol. The van der Waals surface area contributed by atoms with Gasteiger partial charge in [-0.05, 0) is 49.3 Å². The van der Waals surface area contributed by atoms with Gasteiger partial charge < -0.3 is 0 Å². The van der Waals surface area contributed by atoms with Crippen molar-refractivity contribution < 1.29 is 8.42 Å². The van der Waals surface area contributed by atoms with Crippen molar-refractivity contribution in [2.24, 2.45) is 11.8 Å². The molecule has 21 heavy (non-hydrogen) atoms. The third kappa shape index (κ3) is 3.76. The summed E-state index contributed by atoms with van der Waals surface area (Å²) in [5.41, 5.74) is 0.283. The Morgan fingerprint density at radius 3 is 2.62 bits per heavy atom. The summed E-state index contributed by atoms with van der Waals surface area (Å²) < 4.78 is 27.7. The summed E-state index contributed by atoms with van der Waals surface area (Å²) >= 11 is 5.98. The fourth-order valence-electron chi connectivity index (χ4n) is 2.72. The number of benzene rings is 1. The maximum Gasteiger partial charge on any atom is 0.242 e. The summed E-state index contributed by atoms with van der Waals surface area (Å²) in [6.07, 6.45) is 2.68. The van der Waals surface area contributed by atoms with Crippen molar-refractivity contribution in [1.29, 1.82) is 5.26 Å². The zero-order valence-electron chi connectivity index (χ0n) is 12.1. The topological polar surface area (TPSA) is 70.0 Å². The van der Waals surface area contributed by atoms with Crippen molar-refractivity contribution in [3.05, 3.63) is 28.8 Å². The third-order valence-electron chi connectivity index (χ3n) is 4.27. The van der Waals surface area contributed by atoms with Crippen molar-refractivity contribution in [1.82, 2.24) is 4.72 Å². The van der Waals surface area contributed by atoms with Crippen molar-refractivity contribution in [3.8, 4) is 6.07 Å². The summed E-state index contributed by atoms with van der Waals surface area (Å²) in [5.74, 6) is 1.11. The second-order valence-electron chi connectivity index (χ2n) is 5.84. The Hall–Kier alpha value is -1.09. The molecule has 0 amide bonds. The quantitative estimate of drug-likeness (QED) is 0.926. The van der Waals surface area contributed by atoms with Gasteiger partial charge in [-0.15, -0.1) is 0 Å². The predicted molar refractivity (Wildman–Crippen MR) is 82.5 cm³/mol. The Bertz CT molecular complexity index is 667. The Balaban J connectivity index is 2.21. The van der Waals surface area contributed by atoms with Crippen LogP contribution in [0.1, 0.15) is 38.7 Å². The van der Waals surface area contributed by atoms with E-state index in [0.717, 1.165) is 19.3 Å². The Labute approximate surface area is 131 Å². The van der Waals surface area contributed by atoms with Crippen LogP contribution in [-0.2, 0) is 10.0 Å². The standard InChI is InChI=1S/C15H19ClN2O2S/c1-10-3-5-13(7-11(10)2)18-21(19,20)15-8-12(9-17)4-6-14(15)16/h4,6,8,10-11,13,18H,3,5,7H2,1-2H3. The van der Waals surface area contributed by atoms with Crippen LogP contribution in [0.5, 0.6) is 0 Å². The summed E-state index contributed by atoms with van der Waals surface area (Å²) in [7, 11) is -3.70. The van der Waals surface area contributed by atoms with Gasteiger partial charge in [-0.2, -0.15) is 5.26 Å². The minimum atomic E-state index is -3.70. The molecular weight excluding hydrogens is 308 g/mol. The molecule has 0 saturated heterocycles. The molecule has 1 aromatic carbocycles. The predicted octanol–water partition coefficient (Wildman–Crippen LogP) is 3.31. The van der Waals surface area contributed by atoms with Crippen LogP contribution in [0.25, 0.3) is 0 Å². The van der Waals surface area contributed by atoms with Crippen molar-refractivity contribution >= 4 is 21.6 Å². The summed E-state index contributed by atoms with van der Waals surface area (Å²) in [5, 5.41) is 9.03. The zero-order chi connectivity index (χ0) is 15.6. The van der Waals surface area contributed by atoms with Crippen molar-refractivity contribution in [2.45, 2.75) is 44.0 Å². The second-order valence-corrected chi connectivity index (χ2v) is 7.93. The number of rotatable bonds is 3. The number of hydrogen-bond acceptors (Lipinski definition) is 3. The highest BCUT2D eigenvalue weighted by Crippen LogP contribution is 2.31. The molecule has 1 aliphatic rings. The van der Waals surface area contributed by atoms with Crippen LogP contribution < -0.4 is 4.72 Å². The molecule has 6 heteroatoms. The molecule has 1 aromatic rings. The highest BCUT2D eigenvalue weighted by atomic mass is 35.5. The lowest BCUT2D eigenvalue weighted by Gasteiger charge is -2.32. The lowest BCUT2D eigenvalue weighted by molar-refractivity contribution is 0.242. The van der Waals surface area contributed by atoms with Crippen LogP contribution in [0.2, 0.25) is 5.02 Å². The molecule has 0 heterocycles. The summed E-state index contributed by atoms with van der Waals surface area (Å²) in [6.45, 7) is 4.34. The summed E-state index contributed by atoms with van der Waals surface area (Å²) in [6, 6.07) is 6.13. The van der Waals surface area contributed by atoms with Gasteiger partial charge in [-0.3, -0.25) is 0 Å². The molecule has 4 nitrogen and oxygen atoms in total. The molecule has 0 spiro atoms. The van der Waals surface area contributed by atoms with Gasteiger partial charge in [0.15, 0.2) is 0 Å². The smallest absolute Gasteiger partial charge is 0.208 e. The fourth-order valence-corrected chi connectivity index (χ4v) is 4.53. The second kappa shape index (κ2) is 6.35. The Kier molecular flexibility index (Phi) is 4.92. The molecule has 0 aromatic heterocycles. The zero-order valence-corrected chi connectivity index (χ0v) is 13.7. The molecule has 114 valence electrons. The van der Waals surface area contributed by atoms with Crippen LogP contribution in [-0.4, -0.2) is 14.5 Å². The van der Waals surface area contributed by atoms with Crippen LogP contribution in [0.4, 0.5) is 0 Å². The molecule has 1 N–H and O–H groups in total. The van der Waals surface area contributed by atoms with Gasteiger partial charge in [0, 0.05) is 6.04 Å². The van der Waals surface area contributed by atoms with E-state index in [1.807, 2.05) is 6.07 Å². The number of nitrogens with one attached hydrogen (secondary N) is 1. The lowest BCUT2D eigenvalue weighted by atomic mass is 9.79. The molecule has 0 aliphatic heterocycles. The van der Waals surface area contributed by atoms with Gasteiger partial charge >= 0.3 is 0 Å². The van der Waals surface area contributed by atoms with Gasteiger partial charge in [0.1, 0.15) is 4.90 Å². The van der Waals surface area contributed by atoms with Crippen molar-refractivity contribution in [2.75, 3.05) is 0 Å². The maximum atomic E-state index is 12.5. The van der Waals surface area contributed by atoms with E-state index in [1.54, 1.807) is 0 Å². The number of halogens is 1. The van der Waals surface area contributed by atoms with E-state index >= 15 is 0 Å². The molecule has 0 bridgehead atoms. The number of nitriles is 1. The average molecular weight is 327 g/mol. The first-order chi connectivity index (χ1) is 9.83. The SMILES string of the molecule is CC1CCC(NS(=O)(=O)c2cc(C#N)ccc2Cl)CC1C. The van der Waals surface area contributed by atoms with E-state index in [-0.39, 0.29) is 21.5 Å². The molecule has 3 unspecified atom stereocenters. The maximum absolute atomic E-state index is 12.5. The molecule has 3 atom stereocenters. The van der Waals surface area contributed by atoms with Gasteiger partial charge in [-0.25, -0.2) is 13.1 Å².